The van der Waals surface area contributed by atoms with Gasteiger partial charge >= 0.3 is 29.6 Å². The van der Waals surface area contributed by atoms with E-state index in [1.807, 2.05) is 6.92 Å². The Bertz CT molecular complexity index is 2470. The van der Waals surface area contributed by atoms with Crippen LogP contribution in [0.5, 0.6) is 0 Å². The van der Waals surface area contributed by atoms with E-state index < -0.39 is 206 Å². The van der Waals surface area contributed by atoms with Crippen molar-refractivity contribution in [1.29, 1.82) is 0 Å². The first-order chi connectivity index (χ1) is 40.2. The molecule has 0 radical (unpaired) electrons. The molecule has 36 atom stereocenters. The van der Waals surface area contributed by atoms with Gasteiger partial charge in [-0.25, -0.2) is 8.42 Å². The van der Waals surface area contributed by atoms with Crippen LogP contribution in [-0.2, 0) is 66.7 Å². The number of epoxide rings is 1. The zero-order valence-corrected chi connectivity index (χ0v) is 53.7. The first-order valence-corrected chi connectivity index (χ1v) is 31.9. The van der Waals surface area contributed by atoms with Crippen LogP contribution in [0.1, 0.15) is 107 Å². The van der Waals surface area contributed by atoms with Crippen LogP contribution < -0.4 is 29.6 Å². The molecular formula is C57H93NaO28S. The average molecular weight is 1280 g/mol. The van der Waals surface area contributed by atoms with Crippen molar-refractivity contribution in [2.45, 2.75) is 285 Å². The minimum absolute atomic E-state index is 0. The number of aliphatic hydroxyl groups is 13. The van der Waals surface area contributed by atoms with Gasteiger partial charge in [0.1, 0.15) is 104 Å². The van der Waals surface area contributed by atoms with Gasteiger partial charge in [-0.3, -0.25) is 4.18 Å². The molecule has 13 N–H and O–H groups in total. The monoisotopic (exact) mass is 1280 g/mol. The van der Waals surface area contributed by atoms with Crippen LogP contribution in [0.25, 0.3) is 0 Å². The summed E-state index contributed by atoms with van der Waals surface area (Å²) in [6, 6.07) is 0. The smallest absolute Gasteiger partial charge is 0.726 e. The second-order valence-corrected chi connectivity index (χ2v) is 28.3. The molecule has 6 aliphatic heterocycles. The molecule has 10 aliphatic rings. The molecule has 6 heterocycles. The summed E-state index contributed by atoms with van der Waals surface area (Å²) in [4.78, 5) is 0. The Balaban J connectivity index is 0.00000902. The number of rotatable bonds is 17. The number of allylic oxidation sites excluding steroid dienone is 2. The Morgan fingerprint density at radius 2 is 1.21 bits per heavy atom. The molecule has 0 aromatic carbocycles. The zero-order valence-electron chi connectivity index (χ0n) is 50.9. The van der Waals surface area contributed by atoms with E-state index in [4.69, 9.17) is 56.3 Å². The van der Waals surface area contributed by atoms with Gasteiger partial charge in [0.25, 0.3) is 0 Å². The van der Waals surface area contributed by atoms with Crippen LogP contribution in [0, 0.1) is 46.3 Å². The quantitative estimate of drug-likeness (QED) is 0.0212. The number of aliphatic hydroxyl groups excluding tert-OH is 12. The predicted octanol–water partition coefficient (Wildman–Crippen LogP) is -5.96. The molecule has 10 rings (SSSR count). The minimum Gasteiger partial charge on any atom is -0.726 e. The first kappa shape index (κ1) is 71.0. The van der Waals surface area contributed by atoms with Gasteiger partial charge < -0.3 is 123 Å². The Labute approximate surface area is 528 Å². The summed E-state index contributed by atoms with van der Waals surface area (Å²) in [5, 5.41) is 146. The van der Waals surface area contributed by atoms with Gasteiger partial charge in [0.05, 0.1) is 55.4 Å². The third-order valence-electron chi connectivity index (χ3n) is 21.7. The van der Waals surface area contributed by atoms with E-state index in [2.05, 4.69) is 40.7 Å². The third-order valence-corrected chi connectivity index (χ3v) is 22.2. The van der Waals surface area contributed by atoms with E-state index in [0.717, 1.165) is 12.0 Å². The van der Waals surface area contributed by atoms with Crippen molar-refractivity contribution >= 4 is 10.4 Å². The van der Waals surface area contributed by atoms with E-state index in [-0.39, 0.29) is 78.3 Å². The Hall–Kier alpha value is -0.350. The molecule has 0 spiro atoms. The Kier molecular flexibility index (Phi) is 22.1. The summed E-state index contributed by atoms with van der Waals surface area (Å²) in [7, 11) is -5.14. The Morgan fingerprint density at radius 1 is 0.644 bits per heavy atom. The molecule has 496 valence electrons. The summed E-state index contributed by atoms with van der Waals surface area (Å²) in [5.41, 5.74) is -1.09. The van der Waals surface area contributed by atoms with Crippen molar-refractivity contribution in [1.82, 2.24) is 0 Å². The van der Waals surface area contributed by atoms with Gasteiger partial charge in [-0.05, 0) is 119 Å². The van der Waals surface area contributed by atoms with E-state index in [1.165, 1.54) is 20.8 Å². The van der Waals surface area contributed by atoms with Crippen LogP contribution in [0.4, 0.5) is 0 Å². The second kappa shape index (κ2) is 27.0. The number of fused-ring (bicyclic) bond motifs is 5. The summed E-state index contributed by atoms with van der Waals surface area (Å²) in [6.07, 6.45) is -37.9. The normalized spacial score (nSPS) is 53.0. The summed E-state index contributed by atoms with van der Waals surface area (Å²) < 4.78 is 109. The van der Waals surface area contributed by atoms with Crippen molar-refractivity contribution < 1.29 is 165 Å². The maximum atomic E-state index is 12.5. The molecule has 87 heavy (non-hydrogen) atoms. The standard InChI is InChI=1S/C57H94O28S.Na/c1-20(2)21(3)44-49(80-44)57(9,70)33-11-10-27-26-17-31(29-16-25(85-86(71,72)73)12-14-55(29,7)28(26)13-15-56(27,33)8)78-52-43(69)46(37(63)32(18-58)79-52)82-54-48(84-51-41(67)39(65)35(61)23(5)76-51)42(68)45(24(6)77-54)81-53-47(36(62)30(59)19-74-53)83-50-40(66)38(64)34(60)22(4)75-50;/h13,20-27,29-54,58-70H,10-12,14-19H2,1-9H3,(H,71,72,73);/q;+1/p-1/t21-,22+,23+,24+,25+,26?,27?,29?,30-,31-,32+,33-,34-,35+,36-,37+,38-,39-,40+,41+,42-,43+,44?,45+,46-,47+,48+,49?,50-,51-,52+,53-,54-,55+,56-,57+;/m0./s1. The maximum Gasteiger partial charge on any atom is 1.00 e. The molecule has 5 unspecified atom stereocenters. The average Bonchev–Trinajstić information content (AvgIpc) is 1.67. The van der Waals surface area contributed by atoms with Gasteiger partial charge in [-0.2, -0.15) is 0 Å². The molecular weight excluding hydrogens is 1190 g/mol. The van der Waals surface area contributed by atoms with Crippen molar-refractivity contribution in [3.05, 3.63) is 11.6 Å². The van der Waals surface area contributed by atoms with Crippen LogP contribution >= 0.6 is 0 Å². The van der Waals surface area contributed by atoms with E-state index >= 15 is 0 Å². The van der Waals surface area contributed by atoms with Gasteiger partial charge in [-0.15, -0.1) is 0 Å². The molecule has 0 amide bonds. The van der Waals surface area contributed by atoms with Crippen molar-refractivity contribution in [2.24, 2.45) is 46.3 Å². The fourth-order valence-corrected chi connectivity index (χ4v) is 16.8. The molecule has 4 aliphatic carbocycles. The zero-order chi connectivity index (χ0) is 62.8. The Morgan fingerprint density at radius 3 is 1.79 bits per heavy atom. The van der Waals surface area contributed by atoms with Crippen LogP contribution in [0.3, 0.4) is 0 Å². The SMILES string of the molecule is CC(C)[C@H](C)C1OC1[C@](C)(O)[C@H]1CCC2C3C[C@H](O[C@@H]4O[C@H](CO)[C@@H](O)[C@H](O[C@@H]5O[C@H](C)[C@@H](O[C@@H]6OC[C@H](O)[C@H](O)[C@H]6O[C@@H]6O[C@H](C)[C@H](O)[C@H](O)[C@H]6O)[C@H](O)[C@H]5O[C@@H]5O[C@H](C)[C@@H](O)[C@H](O)[C@H]5O)[C@H]4O)C4C[C@H](OS(=O)(=O)[O-])CC[C@]4(C)C3=CC[C@@]21C.[Na+]. The number of ether oxygens (including phenoxy) is 11. The second-order valence-electron chi connectivity index (χ2n) is 27.3. The minimum atomic E-state index is -5.14. The fraction of sp³-hybridized carbons (Fsp3) is 0.965. The predicted molar refractivity (Wildman–Crippen MR) is 287 cm³/mol. The molecule has 9 fully saturated rings. The summed E-state index contributed by atoms with van der Waals surface area (Å²) in [5.74, 6) is -0.270. The van der Waals surface area contributed by atoms with E-state index in [9.17, 15) is 79.4 Å². The van der Waals surface area contributed by atoms with Crippen LogP contribution in [0.15, 0.2) is 11.6 Å². The molecule has 6 saturated heterocycles. The van der Waals surface area contributed by atoms with E-state index in [0.29, 0.717) is 31.6 Å². The third kappa shape index (κ3) is 13.5. The fourth-order valence-electron chi connectivity index (χ4n) is 16.3. The van der Waals surface area contributed by atoms with Crippen molar-refractivity contribution in [3.63, 3.8) is 0 Å². The van der Waals surface area contributed by atoms with Crippen LogP contribution in [0.2, 0.25) is 0 Å². The molecule has 0 aromatic rings. The largest absolute Gasteiger partial charge is 1.00 e. The molecule has 0 bridgehead atoms. The van der Waals surface area contributed by atoms with Gasteiger partial charge in [0.15, 0.2) is 31.5 Å². The van der Waals surface area contributed by atoms with Gasteiger partial charge in [0.2, 0.25) is 10.4 Å². The number of hydrogen-bond donors (Lipinski definition) is 13. The summed E-state index contributed by atoms with van der Waals surface area (Å²) >= 11 is 0. The molecule has 28 nitrogen and oxygen atoms in total. The molecule has 0 aromatic heterocycles. The van der Waals surface area contributed by atoms with Crippen molar-refractivity contribution in [2.75, 3.05) is 13.2 Å². The van der Waals surface area contributed by atoms with E-state index in [1.54, 1.807) is 0 Å². The number of hydrogen-bond acceptors (Lipinski definition) is 28. The van der Waals surface area contributed by atoms with Crippen LogP contribution in [-0.4, -0.2) is 270 Å². The molecule has 30 heteroatoms. The summed E-state index contributed by atoms with van der Waals surface area (Å²) in [6.45, 7) is 15.3. The van der Waals surface area contributed by atoms with Gasteiger partial charge in [0, 0.05) is 0 Å². The first-order valence-electron chi connectivity index (χ1n) is 30.5. The topological polar surface area (TPSA) is 434 Å². The van der Waals surface area contributed by atoms with Crippen molar-refractivity contribution in [3.8, 4) is 0 Å². The van der Waals surface area contributed by atoms with Gasteiger partial charge in [-0.1, -0.05) is 46.3 Å². The maximum absolute atomic E-state index is 12.5. The molecule has 3 saturated carbocycles.